The van der Waals surface area contributed by atoms with Crippen molar-refractivity contribution in [3.05, 3.63) is 70.1 Å². The second kappa shape index (κ2) is 9.23. The van der Waals surface area contributed by atoms with Crippen molar-refractivity contribution in [3.63, 3.8) is 0 Å². The molecule has 0 spiro atoms. The molecule has 1 aromatic carbocycles. The number of aryl methyl sites for hydroxylation is 1. The minimum absolute atomic E-state index is 0.0720. The van der Waals surface area contributed by atoms with Gasteiger partial charge in [0.1, 0.15) is 0 Å². The number of nitrogens with zero attached hydrogens (tertiary/aromatic N) is 3. The summed E-state index contributed by atoms with van der Waals surface area (Å²) in [5.41, 5.74) is 0.421. The molecule has 0 atom stereocenters. The third-order valence-corrected chi connectivity index (χ3v) is 6.69. The number of sulfonamides is 1. The largest absolute Gasteiger partial charge is 0.452 e. The fourth-order valence-electron chi connectivity index (χ4n) is 3.07. The van der Waals surface area contributed by atoms with Gasteiger partial charge in [0.15, 0.2) is 6.61 Å². The van der Waals surface area contributed by atoms with E-state index < -0.39 is 28.5 Å². The van der Waals surface area contributed by atoms with Crippen LogP contribution in [0.5, 0.6) is 0 Å². The molecule has 0 N–H and O–H groups in total. The molecule has 0 saturated carbocycles. The van der Waals surface area contributed by atoms with Gasteiger partial charge in [0, 0.05) is 45.5 Å². The van der Waals surface area contributed by atoms with E-state index in [2.05, 4.69) is 0 Å². The van der Waals surface area contributed by atoms with Crippen molar-refractivity contribution >= 4 is 21.9 Å². The monoisotopic (exact) mass is 433 g/mol. The van der Waals surface area contributed by atoms with Crippen molar-refractivity contribution in [3.8, 4) is 0 Å². The lowest BCUT2D eigenvalue weighted by Gasteiger charge is -2.33. The molecular weight excluding hydrogens is 410 g/mol. The van der Waals surface area contributed by atoms with Gasteiger partial charge < -0.3 is 14.2 Å². The molecule has 3 rings (SSSR count). The topological polar surface area (TPSA) is 106 Å². The lowest BCUT2D eigenvalue weighted by atomic mass is 10.2. The van der Waals surface area contributed by atoms with Gasteiger partial charge in [0.05, 0.1) is 11.3 Å². The molecule has 0 unspecified atom stereocenters. The van der Waals surface area contributed by atoms with Gasteiger partial charge in [-0.2, -0.15) is 4.31 Å². The van der Waals surface area contributed by atoms with E-state index >= 15 is 0 Å². The third kappa shape index (κ3) is 5.33. The second-order valence-corrected chi connectivity index (χ2v) is 8.93. The van der Waals surface area contributed by atoms with Crippen molar-refractivity contribution < 1.29 is 22.7 Å². The first-order valence-electron chi connectivity index (χ1n) is 9.39. The predicted molar refractivity (Wildman–Crippen MR) is 109 cm³/mol. The lowest BCUT2D eigenvalue weighted by Crippen LogP contribution is -2.51. The van der Waals surface area contributed by atoms with Crippen LogP contribution in [0.25, 0.3) is 0 Å². The summed E-state index contributed by atoms with van der Waals surface area (Å²) >= 11 is 0. The number of rotatable bonds is 6. The number of hydrogen-bond donors (Lipinski definition) is 0. The highest BCUT2D eigenvalue weighted by Crippen LogP contribution is 2.14. The van der Waals surface area contributed by atoms with Gasteiger partial charge in [0.25, 0.3) is 11.5 Å². The summed E-state index contributed by atoms with van der Waals surface area (Å²) in [7, 11) is -1.92. The standard InChI is InChI=1S/C20H23N3O6S/c1-21-8-7-17(13-18(21)24)20(26)29-14-19(25)22-9-11-23(12-10-22)30(27,28)15-16-5-3-2-4-6-16/h2-8,13H,9-12,14-15H2,1H3. The summed E-state index contributed by atoms with van der Waals surface area (Å²) in [5, 5.41) is 0. The van der Waals surface area contributed by atoms with E-state index in [4.69, 9.17) is 4.74 Å². The fourth-order valence-corrected chi connectivity index (χ4v) is 4.59. The molecule has 1 saturated heterocycles. The summed E-state index contributed by atoms with van der Waals surface area (Å²) in [4.78, 5) is 37.4. The number of hydrogen-bond acceptors (Lipinski definition) is 6. The van der Waals surface area contributed by atoms with Crippen LogP contribution in [-0.4, -0.2) is 66.9 Å². The van der Waals surface area contributed by atoms with Gasteiger partial charge in [0.2, 0.25) is 10.0 Å². The van der Waals surface area contributed by atoms with Crippen molar-refractivity contribution in [2.24, 2.45) is 7.05 Å². The zero-order valence-electron chi connectivity index (χ0n) is 16.6. The molecule has 10 heteroatoms. The molecule has 160 valence electrons. The van der Waals surface area contributed by atoms with Crippen LogP contribution in [0.2, 0.25) is 0 Å². The molecule has 0 bridgehead atoms. The van der Waals surface area contributed by atoms with Crippen LogP contribution in [0.15, 0.2) is 53.5 Å². The van der Waals surface area contributed by atoms with E-state index in [0.29, 0.717) is 5.56 Å². The first-order chi connectivity index (χ1) is 14.3. The minimum atomic E-state index is -3.48. The highest BCUT2D eigenvalue weighted by atomic mass is 32.2. The van der Waals surface area contributed by atoms with Crippen molar-refractivity contribution in [1.29, 1.82) is 0 Å². The number of benzene rings is 1. The zero-order valence-corrected chi connectivity index (χ0v) is 17.4. The van der Waals surface area contributed by atoms with E-state index in [0.717, 1.165) is 6.07 Å². The molecule has 1 aliphatic heterocycles. The summed E-state index contributed by atoms with van der Waals surface area (Å²) < 4.78 is 32.8. The average molecular weight is 433 g/mol. The maximum absolute atomic E-state index is 12.6. The van der Waals surface area contributed by atoms with Crippen LogP contribution in [0.4, 0.5) is 0 Å². The molecule has 0 aliphatic carbocycles. The number of esters is 1. The number of carbonyl (C=O) groups excluding carboxylic acids is 2. The van der Waals surface area contributed by atoms with Crippen LogP contribution in [0.1, 0.15) is 15.9 Å². The van der Waals surface area contributed by atoms with Gasteiger partial charge in [-0.25, -0.2) is 13.2 Å². The molecule has 1 amide bonds. The van der Waals surface area contributed by atoms with E-state index in [9.17, 15) is 22.8 Å². The first-order valence-corrected chi connectivity index (χ1v) is 11.0. The van der Waals surface area contributed by atoms with Gasteiger partial charge in [-0.15, -0.1) is 0 Å². The molecule has 1 aromatic heterocycles. The van der Waals surface area contributed by atoms with Crippen LogP contribution in [-0.2, 0) is 32.4 Å². The van der Waals surface area contributed by atoms with Crippen molar-refractivity contribution in [1.82, 2.24) is 13.8 Å². The quantitative estimate of drug-likeness (QED) is 0.604. The SMILES string of the molecule is Cn1ccc(C(=O)OCC(=O)N2CCN(S(=O)(=O)Cc3ccccc3)CC2)cc1=O. The molecule has 9 nitrogen and oxygen atoms in total. The molecular formula is C20H23N3O6S. The minimum Gasteiger partial charge on any atom is -0.452 e. The maximum atomic E-state index is 12.6. The Bertz CT molecular complexity index is 1070. The van der Waals surface area contributed by atoms with Crippen LogP contribution < -0.4 is 5.56 Å². The smallest absolute Gasteiger partial charge is 0.338 e. The summed E-state index contributed by atoms with van der Waals surface area (Å²) in [5.74, 6) is -1.26. The Balaban J connectivity index is 1.49. The molecule has 1 fully saturated rings. The van der Waals surface area contributed by atoms with Gasteiger partial charge in [-0.3, -0.25) is 9.59 Å². The van der Waals surface area contributed by atoms with E-state index in [1.165, 1.54) is 26.0 Å². The highest BCUT2D eigenvalue weighted by Gasteiger charge is 2.29. The fraction of sp³-hybridized carbons (Fsp3) is 0.350. The van der Waals surface area contributed by atoms with Gasteiger partial charge in [-0.05, 0) is 11.6 Å². The summed E-state index contributed by atoms with van der Waals surface area (Å²) in [6.07, 6.45) is 1.44. The number of amides is 1. The Kier molecular flexibility index (Phi) is 6.68. The molecule has 2 aromatic rings. The molecule has 0 radical (unpaired) electrons. The molecule has 30 heavy (non-hydrogen) atoms. The van der Waals surface area contributed by atoms with Crippen LogP contribution >= 0.6 is 0 Å². The number of aromatic nitrogens is 1. The van der Waals surface area contributed by atoms with E-state index in [-0.39, 0.29) is 43.1 Å². The van der Waals surface area contributed by atoms with Crippen LogP contribution in [0.3, 0.4) is 0 Å². The third-order valence-electron chi connectivity index (χ3n) is 4.84. The average Bonchev–Trinajstić information content (AvgIpc) is 2.74. The van der Waals surface area contributed by atoms with Crippen LogP contribution in [0, 0.1) is 0 Å². The Hall–Kier alpha value is -2.98. The van der Waals surface area contributed by atoms with E-state index in [1.807, 2.05) is 6.07 Å². The Morgan fingerprint density at radius 2 is 1.70 bits per heavy atom. The van der Waals surface area contributed by atoms with Crippen molar-refractivity contribution in [2.45, 2.75) is 5.75 Å². The normalized spacial score (nSPS) is 15.0. The Labute approximate surface area is 174 Å². The number of pyridine rings is 1. The highest BCUT2D eigenvalue weighted by molar-refractivity contribution is 7.88. The molecule has 2 heterocycles. The number of carbonyl (C=O) groups is 2. The van der Waals surface area contributed by atoms with Gasteiger partial charge in [-0.1, -0.05) is 30.3 Å². The Morgan fingerprint density at radius 1 is 1.03 bits per heavy atom. The number of piperazine rings is 1. The predicted octanol–water partition coefficient (Wildman–Crippen LogP) is 0.216. The second-order valence-electron chi connectivity index (χ2n) is 6.96. The summed E-state index contributed by atoms with van der Waals surface area (Å²) in [6, 6.07) is 11.5. The zero-order chi connectivity index (χ0) is 21.7. The number of ether oxygens (including phenoxy) is 1. The van der Waals surface area contributed by atoms with Gasteiger partial charge >= 0.3 is 5.97 Å². The lowest BCUT2D eigenvalue weighted by molar-refractivity contribution is -0.135. The Morgan fingerprint density at radius 3 is 2.33 bits per heavy atom. The van der Waals surface area contributed by atoms with Crippen molar-refractivity contribution in [2.75, 3.05) is 32.8 Å². The maximum Gasteiger partial charge on any atom is 0.338 e. The molecule has 1 aliphatic rings. The summed E-state index contributed by atoms with van der Waals surface area (Å²) in [6.45, 7) is 0.338. The first kappa shape index (κ1) is 21.7. The van der Waals surface area contributed by atoms with E-state index in [1.54, 1.807) is 31.3 Å².